The minimum absolute atomic E-state index is 0.0921. The van der Waals surface area contributed by atoms with Crippen molar-refractivity contribution < 1.29 is 20.1 Å². The Bertz CT molecular complexity index is 713. The van der Waals surface area contributed by atoms with Crippen LogP contribution in [0.5, 0.6) is 11.5 Å². The molecule has 1 spiro atoms. The van der Waals surface area contributed by atoms with Gasteiger partial charge in [-0.1, -0.05) is 12.1 Å². The third kappa shape index (κ3) is 1.23. The molecule has 1 aromatic carbocycles. The average molecular weight is 301 g/mol. The maximum Gasteiger partial charge on any atom is 0.222 e. The van der Waals surface area contributed by atoms with Crippen molar-refractivity contribution in [3.05, 3.63) is 35.4 Å². The van der Waals surface area contributed by atoms with Crippen molar-refractivity contribution in [3.63, 3.8) is 0 Å². The topological polar surface area (TPSA) is 73.2 Å². The summed E-state index contributed by atoms with van der Waals surface area (Å²) in [5, 5.41) is 31.1. The van der Waals surface area contributed by atoms with Gasteiger partial charge in [0.05, 0.1) is 5.41 Å². The minimum Gasteiger partial charge on any atom is -0.504 e. The Morgan fingerprint density at radius 1 is 1.32 bits per heavy atom. The summed E-state index contributed by atoms with van der Waals surface area (Å²) in [6, 6.07) is 3.94. The Morgan fingerprint density at radius 2 is 2.14 bits per heavy atom. The Labute approximate surface area is 128 Å². The number of hydrogen-bond acceptors (Lipinski definition) is 5. The van der Waals surface area contributed by atoms with Gasteiger partial charge in [0.15, 0.2) is 17.6 Å². The molecular weight excluding hydrogens is 282 g/mol. The number of benzene rings is 1. The number of phenols is 1. The molecule has 2 bridgehead atoms. The third-order valence-corrected chi connectivity index (χ3v) is 6.21. The van der Waals surface area contributed by atoms with E-state index in [4.69, 9.17) is 4.74 Å². The van der Waals surface area contributed by atoms with Crippen LogP contribution in [0.15, 0.2) is 24.3 Å². The van der Waals surface area contributed by atoms with Crippen LogP contribution < -0.4 is 4.74 Å². The van der Waals surface area contributed by atoms with Gasteiger partial charge in [-0.2, -0.15) is 0 Å². The van der Waals surface area contributed by atoms with Gasteiger partial charge in [-0.05, 0) is 44.1 Å². The van der Waals surface area contributed by atoms with Crippen LogP contribution >= 0.6 is 0 Å². The van der Waals surface area contributed by atoms with Crippen molar-refractivity contribution in [2.45, 2.75) is 36.2 Å². The SMILES string of the molecule is CN1CC[C@]23c4c5ccc(O)c4O[C@H]2C(O)(O)C=C[C@H]3[C@H]1C5. The molecule has 4 aliphatic rings. The van der Waals surface area contributed by atoms with Crippen molar-refractivity contribution in [3.8, 4) is 11.5 Å². The van der Waals surface area contributed by atoms with Crippen molar-refractivity contribution >= 4 is 0 Å². The van der Waals surface area contributed by atoms with E-state index in [1.807, 2.05) is 12.1 Å². The molecule has 0 amide bonds. The van der Waals surface area contributed by atoms with Gasteiger partial charge in [-0.3, -0.25) is 0 Å². The molecule has 4 atom stereocenters. The van der Waals surface area contributed by atoms with Crippen LogP contribution in [0.1, 0.15) is 17.5 Å². The Kier molecular flexibility index (Phi) is 2.16. The normalized spacial score (nSPS) is 40.2. The molecule has 0 saturated carbocycles. The largest absolute Gasteiger partial charge is 0.504 e. The number of phenolic OH excluding ortho intramolecular Hbond substituents is 1. The number of aromatic hydroxyl groups is 1. The monoisotopic (exact) mass is 301 g/mol. The van der Waals surface area contributed by atoms with E-state index in [-0.39, 0.29) is 11.7 Å². The number of hydrogen-bond donors (Lipinski definition) is 3. The number of likely N-dealkylation sites (N-methyl/N-ethyl adjacent to an activating group) is 1. The molecule has 22 heavy (non-hydrogen) atoms. The molecule has 3 N–H and O–H groups in total. The summed E-state index contributed by atoms with van der Waals surface area (Å²) in [7, 11) is 2.13. The van der Waals surface area contributed by atoms with Gasteiger partial charge >= 0.3 is 0 Å². The molecule has 0 unspecified atom stereocenters. The van der Waals surface area contributed by atoms with Crippen LogP contribution in [0.25, 0.3) is 0 Å². The molecule has 0 radical (unpaired) electrons. The standard InChI is InChI=1S/C17H19NO4/c1-18-7-6-16-10-4-5-17(20,21)15(16)22-14-12(19)3-2-9(13(14)16)8-11(10)18/h2-5,10-11,15,19-21H,6-8H2,1H3/t10-,11+,15+,16-/m0/s1. The molecule has 0 aromatic heterocycles. The summed E-state index contributed by atoms with van der Waals surface area (Å²) >= 11 is 0. The maximum atomic E-state index is 10.5. The lowest BCUT2D eigenvalue weighted by atomic mass is 9.53. The second kappa shape index (κ2) is 3.67. The molecule has 2 aliphatic carbocycles. The smallest absolute Gasteiger partial charge is 0.222 e. The lowest BCUT2D eigenvalue weighted by Gasteiger charge is -2.57. The van der Waals surface area contributed by atoms with Crippen molar-refractivity contribution in [1.82, 2.24) is 4.90 Å². The van der Waals surface area contributed by atoms with E-state index in [9.17, 15) is 15.3 Å². The highest BCUT2D eigenvalue weighted by atomic mass is 16.6. The molecule has 2 aliphatic heterocycles. The van der Waals surface area contributed by atoms with Gasteiger partial charge in [0, 0.05) is 17.5 Å². The van der Waals surface area contributed by atoms with Gasteiger partial charge < -0.3 is 25.0 Å². The maximum absolute atomic E-state index is 10.5. The lowest BCUT2D eigenvalue weighted by Crippen LogP contribution is -2.67. The number of ether oxygens (including phenoxy) is 1. The summed E-state index contributed by atoms with van der Waals surface area (Å²) in [6.45, 7) is 0.888. The zero-order chi connectivity index (χ0) is 15.3. The van der Waals surface area contributed by atoms with E-state index in [0.29, 0.717) is 11.8 Å². The van der Waals surface area contributed by atoms with E-state index < -0.39 is 17.3 Å². The van der Waals surface area contributed by atoms with Crippen LogP contribution in [0.2, 0.25) is 0 Å². The summed E-state index contributed by atoms with van der Waals surface area (Å²) in [5.41, 5.74) is 1.72. The first-order valence-electron chi connectivity index (χ1n) is 7.81. The number of piperidine rings is 1. The zero-order valence-corrected chi connectivity index (χ0v) is 12.4. The van der Waals surface area contributed by atoms with Gasteiger partial charge in [-0.15, -0.1) is 0 Å². The number of aliphatic hydroxyl groups is 2. The summed E-state index contributed by atoms with van der Waals surface area (Å²) in [5.74, 6) is -1.28. The van der Waals surface area contributed by atoms with Crippen LogP contribution in [-0.4, -0.2) is 51.7 Å². The van der Waals surface area contributed by atoms with E-state index in [1.54, 1.807) is 6.07 Å². The third-order valence-electron chi connectivity index (χ3n) is 6.21. The first kappa shape index (κ1) is 12.9. The molecular formula is C17H19NO4. The fourth-order valence-electron chi connectivity index (χ4n) is 5.28. The van der Waals surface area contributed by atoms with Crippen molar-refractivity contribution in [2.75, 3.05) is 13.6 Å². The van der Waals surface area contributed by atoms with Crippen molar-refractivity contribution in [2.24, 2.45) is 5.92 Å². The fourth-order valence-corrected chi connectivity index (χ4v) is 5.28. The first-order chi connectivity index (χ1) is 10.4. The van der Waals surface area contributed by atoms with E-state index in [1.165, 1.54) is 6.08 Å². The highest BCUT2D eigenvalue weighted by Crippen LogP contribution is 2.63. The number of likely N-dealkylation sites (tertiary alicyclic amines) is 1. The minimum atomic E-state index is -2.00. The lowest BCUT2D eigenvalue weighted by molar-refractivity contribution is -0.212. The Balaban J connectivity index is 1.86. The second-order valence-electron chi connectivity index (χ2n) is 7.16. The van der Waals surface area contributed by atoms with E-state index in [2.05, 4.69) is 11.9 Å². The molecule has 5 rings (SSSR count). The highest BCUT2D eigenvalue weighted by molar-refractivity contribution is 5.62. The van der Waals surface area contributed by atoms with Crippen LogP contribution in [0.4, 0.5) is 0 Å². The van der Waals surface area contributed by atoms with Gasteiger partial charge in [0.25, 0.3) is 0 Å². The summed E-state index contributed by atoms with van der Waals surface area (Å²) in [4.78, 5) is 2.35. The van der Waals surface area contributed by atoms with Crippen LogP contribution in [0, 0.1) is 5.92 Å². The van der Waals surface area contributed by atoms with Gasteiger partial charge in [0.2, 0.25) is 5.79 Å². The molecule has 5 heteroatoms. The molecule has 1 fully saturated rings. The summed E-state index contributed by atoms with van der Waals surface area (Å²) in [6.07, 6.45) is 4.35. The molecule has 1 saturated heterocycles. The van der Waals surface area contributed by atoms with Crippen LogP contribution in [0.3, 0.4) is 0 Å². The molecule has 5 nitrogen and oxygen atoms in total. The Morgan fingerprint density at radius 3 is 2.95 bits per heavy atom. The van der Waals surface area contributed by atoms with Gasteiger partial charge in [-0.25, -0.2) is 0 Å². The predicted molar refractivity (Wildman–Crippen MR) is 78.7 cm³/mol. The molecule has 1 aromatic rings. The highest BCUT2D eigenvalue weighted by Gasteiger charge is 2.67. The second-order valence-corrected chi connectivity index (χ2v) is 7.16. The van der Waals surface area contributed by atoms with Gasteiger partial charge in [0.1, 0.15) is 0 Å². The first-order valence-corrected chi connectivity index (χ1v) is 7.81. The summed E-state index contributed by atoms with van der Waals surface area (Å²) < 4.78 is 5.94. The van der Waals surface area contributed by atoms with E-state index >= 15 is 0 Å². The zero-order valence-electron chi connectivity index (χ0n) is 12.4. The van der Waals surface area contributed by atoms with E-state index in [0.717, 1.165) is 30.5 Å². The fraction of sp³-hybridized carbons (Fsp3) is 0.529. The number of nitrogens with zero attached hydrogens (tertiary/aromatic N) is 1. The Hall–Kier alpha value is -1.56. The number of rotatable bonds is 0. The average Bonchev–Trinajstić information content (AvgIpc) is 2.83. The van der Waals surface area contributed by atoms with Crippen molar-refractivity contribution in [1.29, 1.82) is 0 Å². The quantitative estimate of drug-likeness (QED) is 0.481. The van der Waals surface area contributed by atoms with Crippen LogP contribution in [-0.2, 0) is 11.8 Å². The molecule has 116 valence electrons. The predicted octanol–water partition coefficient (Wildman–Crippen LogP) is 0.518. The molecule has 2 heterocycles.